The second kappa shape index (κ2) is 10.3. The lowest BCUT2D eigenvalue weighted by molar-refractivity contribution is -0.115. The number of ether oxygens (including phenoxy) is 3. The molecule has 0 unspecified atom stereocenters. The molecule has 1 heterocycles. The third-order valence-corrected chi connectivity index (χ3v) is 5.89. The third kappa shape index (κ3) is 5.56. The summed E-state index contributed by atoms with van der Waals surface area (Å²) in [7, 11) is 3.16. The van der Waals surface area contributed by atoms with Gasteiger partial charge in [0.05, 0.1) is 19.1 Å². The molecular weight excluding hydrogens is 436 g/mol. The van der Waals surface area contributed by atoms with Crippen molar-refractivity contribution < 1.29 is 19.0 Å². The molecule has 0 radical (unpaired) electrons. The van der Waals surface area contributed by atoms with Gasteiger partial charge in [0.25, 0.3) is 5.91 Å². The van der Waals surface area contributed by atoms with Crippen LogP contribution in [0.25, 0.3) is 6.08 Å². The Hall–Kier alpha value is -3.71. The van der Waals surface area contributed by atoms with Gasteiger partial charge in [-0.3, -0.25) is 4.79 Å². The molecular formula is C26H24N2O4S. The van der Waals surface area contributed by atoms with E-state index in [-0.39, 0.29) is 5.91 Å². The van der Waals surface area contributed by atoms with Crippen LogP contribution in [0.1, 0.15) is 16.7 Å². The Morgan fingerprint density at radius 1 is 0.970 bits per heavy atom. The van der Waals surface area contributed by atoms with Gasteiger partial charge in [0.1, 0.15) is 29.5 Å². The number of aryl methyl sites for hydroxylation is 1. The minimum absolute atomic E-state index is 0.209. The predicted molar refractivity (Wildman–Crippen MR) is 132 cm³/mol. The van der Waals surface area contributed by atoms with Crippen LogP contribution in [0.3, 0.4) is 0 Å². The molecule has 0 saturated carbocycles. The number of hydrogen-bond acceptors (Lipinski definition) is 6. The van der Waals surface area contributed by atoms with Crippen LogP contribution in [0.15, 0.2) is 76.6 Å². The van der Waals surface area contributed by atoms with Gasteiger partial charge in [-0.05, 0) is 48.5 Å². The first kappa shape index (κ1) is 22.5. The number of hydrogen-bond donors (Lipinski definition) is 1. The number of carbonyl (C=O) groups excluding carboxylic acids is 1. The maximum atomic E-state index is 12.6. The van der Waals surface area contributed by atoms with Crippen molar-refractivity contribution in [1.82, 2.24) is 5.32 Å². The number of amides is 1. The number of carbonyl (C=O) groups is 1. The van der Waals surface area contributed by atoms with Gasteiger partial charge in [-0.1, -0.05) is 48.0 Å². The fourth-order valence-corrected chi connectivity index (χ4v) is 4.01. The quantitative estimate of drug-likeness (QED) is 0.473. The minimum Gasteiger partial charge on any atom is -0.497 e. The van der Waals surface area contributed by atoms with Crippen LogP contribution in [0.4, 0.5) is 5.69 Å². The van der Waals surface area contributed by atoms with Crippen LogP contribution >= 0.6 is 11.8 Å². The summed E-state index contributed by atoms with van der Waals surface area (Å²) in [5, 5.41) is 3.29. The van der Waals surface area contributed by atoms with E-state index in [4.69, 9.17) is 14.2 Å². The molecule has 3 aromatic carbocycles. The molecule has 0 aromatic heterocycles. The maximum absolute atomic E-state index is 12.6. The Balaban J connectivity index is 1.53. The number of amidine groups is 1. The van der Waals surface area contributed by atoms with Crippen molar-refractivity contribution in [2.45, 2.75) is 13.5 Å². The number of para-hydroxylation sites is 1. The van der Waals surface area contributed by atoms with Crippen molar-refractivity contribution in [1.29, 1.82) is 0 Å². The van der Waals surface area contributed by atoms with E-state index in [0.717, 1.165) is 11.1 Å². The van der Waals surface area contributed by atoms with E-state index in [1.807, 2.05) is 42.5 Å². The summed E-state index contributed by atoms with van der Waals surface area (Å²) in [6.45, 7) is 2.50. The highest BCUT2D eigenvalue weighted by Crippen LogP contribution is 2.35. The largest absolute Gasteiger partial charge is 0.497 e. The second-order valence-corrected chi connectivity index (χ2v) is 8.36. The van der Waals surface area contributed by atoms with Gasteiger partial charge < -0.3 is 19.5 Å². The topological polar surface area (TPSA) is 69.2 Å². The summed E-state index contributed by atoms with van der Waals surface area (Å²) in [5.41, 5.74) is 3.71. The molecule has 6 nitrogen and oxygen atoms in total. The number of aliphatic imine (C=N–C) groups is 1. The average Bonchev–Trinajstić information content (AvgIpc) is 3.18. The first-order valence-electron chi connectivity index (χ1n) is 10.3. The normalized spacial score (nSPS) is 15.5. The van der Waals surface area contributed by atoms with E-state index in [0.29, 0.717) is 39.6 Å². The molecule has 7 heteroatoms. The lowest BCUT2D eigenvalue weighted by Gasteiger charge is -2.10. The highest BCUT2D eigenvalue weighted by Gasteiger charge is 2.24. The van der Waals surface area contributed by atoms with E-state index < -0.39 is 0 Å². The Bertz CT molecular complexity index is 1220. The fraction of sp³-hybridized carbons (Fsp3) is 0.154. The van der Waals surface area contributed by atoms with Crippen LogP contribution in [0.5, 0.6) is 17.2 Å². The summed E-state index contributed by atoms with van der Waals surface area (Å²) in [4.78, 5) is 17.7. The number of benzene rings is 3. The van der Waals surface area contributed by atoms with E-state index in [1.54, 1.807) is 32.4 Å². The number of thioether (sulfide) groups is 1. The average molecular weight is 461 g/mol. The lowest BCUT2D eigenvalue weighted by atomic mass is 10.1. The Labute approximate surface area is 197 Å². The van der Waals surface area contributed by atoms with Crippen LogP contribution in [-0.4, -0.2) is 25.3 Å². The van der Waals surface area contributed by atoms with Crippen LogP contribution < -0.4 is 19.5 Å². The Morgan fingerprint density at radius 2 is 1.76 bits per heavy atom. The van der Waals surface area contributed by atoms with Crippen molar-refractivity contribution >= 4 is 34.6 Å². The summed E-state index contributed by atoms with van der Waals surface area (Å²) in [6, 6.07) is 21.2. The summed E-state index contributed by atoms with van der Waals surface area (Å²) >= 11 is 1.27. The zero-order valence-corrected chi connectivity index (χ0v) is 19.4. The number of rotatable bonds is 7. The van der Waals surface area contributed by atoms with E-state index in [9.17, 15) is 4.79 Å². The van der Waals surface area contributed by atoms with Crippen LogP contribution in [0.2, 0.25) is 0 Å². The van der Waals surface area contributed by atoms with E-state index >= 15 is 0 Å². The summed E-state index contributed by atoms with van der Waals surface area (Å²) in [5.74, 6) is 1.73. The molecule has 0 spiro atoms. The lowest BCUT2D eigenvalue weighted by Crippen LogP contribution is -2.19. The van der Waals surface area contributed by atoms with E-state index in [1.165, 1.54) is 17.3 Å². The highest BCUT2D eigenvalue weighted by molar-refractivity contribution is 8.18. The summed E-state index contributed by atoms with van der Waals surface area (Å²) < 4.78 is 16.7. The second-order valence-electron chi connectivity index (χ2n) is 7.33. The van der Waals surface area contributed by atoms with Gasteiger partial charge in [-0.2, -0.15) is 0 Å². The Kier molecular flexibility index (Phi) is 7.00. The van der Waals surface area contributed by atoms with Gasteiger partial charge in [-0.15, -0.1) is 0 Å². The van der Waals surface area contributed by atoms with Gasteiger partial charge >= 0.3 is 0 Å². The van der Waals surface area contributed by atoms with Crippen molar-refractivity contribution in [2.75, 3.05) is 14.2 Å². The van der Waals surface area contributed by atoms with Crippen LogP contribution in [-0.2, 0) is 11.4 Å². The van der Waals surface area contributed by atoms with Crippen molar-refractivity contribution in [3.8, 4) is 17.2 Å². The number of methoxy groups -OCH3 is 2. The fourth-order valence-electron chi connectivity index (χ4n) is 3.19. The van der Waals surface area contributed by atoms with Crippen LogP contribution in [0, 0.1) is 6.92 Å². The van der Waals surface area contributed by atoms with Gasteiger partial charge in [0.15, 0.2) is 5.17 Å². The smallest absolute Gasteiger partial charge is 0.264 e. The predicted octanol–water partition coefficient (Wildman–Crippen LogP) is 5.48. The zero-order chi connectivity index (χ0) is 23.2. The van der Waals surface area contributed by atoms with Gasteiger partial charge in [0, 0.05) is 11.6 Å². The molecule has 0 bridgehead atoms. The third-order valence-electron chi connectivity index (χ3n) is 4.98. The maximum Gasteiger partial charge on any atom is 0.264 e. The molecule has 1 aliphatic heterocycles. The molecule has 0 atom stereocenters. The van der Waals surface area contributed by atoms with E-state index in [2.05, 4.69) is 29.4 Å². The zero-order valence-electron chi connectivity index (χ0n) is 18.6. The standard InChI is InChI=1S/C26H24N2O4S/c1-17-8-10-18(11-9-17)16-32-22-7-5-4-6-19(22)14-24-25(29)28-26(33-24)27-21-13-12-20(30-2)15-23(21)31-3/h4-15H,16H2,1-3H3,(H,27,28,29)/b24-14-. The molecule has 168 valence electrons. The number of nitrogens with one attached hydrogen (secondary N) is 1. The van der Waals surface area contributed by atoms with Crippen molar-refractivity contribution in [2.24, 2.45) is 4.99 Å². The minimum atomic E-state index is -0.209. The molecule has 1 amide bonds. The van der Waals surface area contributed by atoms with Gasteiger partial charge in [-0.25, -0.2) is 4.99 Å². The first-order chi connectivity index (χ1) is 16.1. The molecule has 1 saturated heterocycles. The number of nitrogens with zero attached hydrogens (tertiary/aromatic N) is 1. The molecule has 33 heavy (non-hydrogen) atoms. The molecule has 1 fully saturated rings. The molecule has 1 aliphatic rings. The summed E-state index contributed by atoms with van der Waals surface area (Å²) in [6.07, 6.45) is 1.82. The molecule has 4 rings (SSSR count). The molecule has 3 aromatic rings. The Morgan fingerprint density at radius 3 is 2.52 bits per heavy atom. The van der Waals surface area contributed by atoms with Crippen molar-refractivity contribution in [3.05, 3.63) is 88.3 Å². The highest BCUT2D eigenvalue weighted by atomic mass is 32.2. The van der Waals surface area contributed by atoms with Gasteiger partial charge in [0.2, 0.25) is 0 Å². The molecule has 1 N–H and O–H groups in total. The monoisotopic (exact) mass is 460 g/mol. The molecule has 0 aliphatic carbocycles. The van der Waals surface area contributed by atoms with Crippen molar-refractivity contribution in [3.63, 3.8) is 0 Å². The SMILES string of the molecule is COc1ccc(N=C2NC(=O)/C(=C/c3ccccc3OCc3ccc(C)cc3)S2)c(OC)c1. The first-order valence-corrected chi connectivity index (χ1v) is 11.2.